The molecule has 1 amide bonds. The van der Waals surface area contributed by atoms with Crippen LogP contribution in [-0.4, -0.2) is 39.0 Å². The van der Waals surface area contributed by atoms with Gasteiger partial charge in [-0.15, -0.1) is 0 Å². The van der Waals surface area contributed by atoms with Crippen molar-refractivity contribution in [1.29, 1.82) is 0 Å². The van der Waals surface area contributed by atoms with E-state index in [0.29, 0.717) is 17.4 Å². The van der Waals surface area contributed by atoms with Gasteiger partial charge in [-0.05, 0) is 37.0 Å². The van der Waals surface area contributed by atoms with Gasteiger partial charge in [-0.25, -0.2) is 0 Å². The number of amides is 1. The van der Waals surface area contributed by atoms with Crippen molar-refractivity contribution in [1.82, 2.24) is 5.32 Å². The van der Waals surface area contributed by atoms with Crippen LogP contribution in [0.5, 0.6) is 11.5 Å². The molecule has 0 radical (unpaired) electrons. The number of nitrogens with one attached hydrogen (secondary N) is 1. The topological polar surface area (TPSA) is 69.1 Å². The van der Waals surface area contributed by atoms with Crippen LogP contribution in [0.3, 0.4) is 0 Å². The van der Waals surface area contributed by atoms with E-state index in [1.54, 1.807) is 32.4 Å². The maximum absolute atomic E-state index is 11.9. The van der Waals surface area contributed by atoms with Crippen molar-refractivity contribution < 1.29 is 19.1 Å². The van der Waals surface area contributed by atoms with Gasteiger partial charge in [0.2, 0.25) is 0 Å². The number of ether oxygens (including phenoxy) is 2. The highest BCUT2D eigenvalue weighted by molar-refractivity contribution is 5.84. The van der Waals surface area contributed by atoms with Crippen molar-refractivity contribution in [3.63, 3.8) is 0 Å². The van der Waals surface area contributed by atoms with Gasteiger partial charge in [-0.1, -0.05) is 24.9 Å². The van der Waals surface area contributed by atoms with Crippen LogP contribution in [0.4, 0.5) is 0 Å². The Morgan fingerprint density at radius 3 is 2.79 bits per heavy atom. The average Bonchev–Trinajstić information content (AvgIpc) is 2.60. The van der Waals surface area contributed by atoms with Crippen molar-refractivity contribution in [2.75, 3.05) is 20.8 Å². The largest absolute Gasteiger partial charge is 0.497 e. The highest BCUT2D eigenvalue weighted by Gasteiger charge is 2.22. The number of carbonyl (C=O) groups is 1. The second-order valence-electron chi connectivity index (χ2n) is 6.05. The molecule has 0 unspecified atom stereocenters. The summed E-state index contributed by atoms with van der Waals surface area (Å²) in [7, 11) is 3.18. The Labute approximate surface area is 143 Å². The Kier molecular flexibility index (Phi) is 6.90. The molecule has 132 valence electrons. The van der Waals surface area contributed by atoms with Gasteiger partial charge in [0.25, 0.3) is 5.91 Å². The Morgan fingerprint density at radius 1 is 1.29 bits per heavy atom. The molecule has 1 aliphatic rings. The van der Waals surface area contributed by atoms with Gasteiger partial charge in [0.1, 0.15) is 11.5 Å². The fourth-order valence-corrected chi connectivity index (χ4v) is 2.91. The molecular weight excluding hydrogens is 308 g/mol. The number of methoxy groups -OCH3 is 2. The minimum Gasteiger partial charge on any atom is -0.497 e. The summed E-state index contributed by atoms with van der Waals surface area (Å²) in [6.07, 6.45) is 6.13. The Hall–Kier alpha value is -2.24. The van der Waals surface area contributed by atoms with Crippen LogP contribution in [0.1, 0.15) is 38.2 Å². The van der Waals surface area contributed by atoms with Crippen molar-refractivity contribution in [2.45, 2.75) is 38.6 Å². The van der Waals surface area contributed by atoms with Gasteiger partial charge in [0.15, 0.2) is 6.61 Å². The molecule has 0 aromatic heterocycles. The summed E-state index contributed by atoms with van der Waals surface area (Å²) in [6, 6.07) is 5.63. The third-order valence-corrected chi connectivity index (χ3v) is 4.36. The summed E-state index contributed by atoms with van der Waals surface area (Å²) in [5.74, 6) is 1.74. The van der Waals surface area contributed by atoms with Crippen LogP contribution >= 0.6 is 0 Å². The lowest BCUT2D eigenvalue weighted by atomic mass is 9.86. The summed E-state index contributed by atoms with van der Waals surface area (Å²) in [5.41, 5.74) is 0.721. The third kappa shape index (κ3) is 5.15. The number of nitrogens with zero attached hydrogens (tertiary/aromatic N) is 1. The SMILES string of the molecule is COc1ccc(OC)c(/C=N\OCC(=O)N[C@@H]2CCCC[C@@H]2C)c1. The Bertz CT molecular complexity index is 574. The smallest absolute Gasteiger partial charge is 0.261 e. The summed E-state index contributed by atoms with van der Waals surface area (Å²) < 4.78 is 10.4. The molecule has 24 heavy (non-hydrogen) atoms. The van der Waals surface area contributed by atoms with Crippen molar-refractivity contribution in [3.8, 4) is 11.5 Å². The first-order valence-electron chi connectivity index (χ1n) is 8.30. The lowest BCUT2D eigenvalue weighted by molar-refractivity contribution is -0.126. The Balaban J connectivity index is 1.82. The minimum absolute atomic E-state index is 0.0913. The van der Waals surface area contributed by atoms with Crippen LogP contribution in [0.15, 0.2) is 23.4 Å². The number of oxime groups is 1. The van der Waals surface area contributed by atoms with Crippen LogP contribution in [0.2, 0.25) is 0 Å². The number of hydrogen-bond acceptors (Lipinski definition) is 5. The van der Waals surface area contributed by atoms with Crippen LogP contribution in [0.25, 0.3) is 0 Å². The predicted octanol–water partition coefficient (Wildman–Crippen LogP) is 2.75. The molecule has 0 aliphatic heterocycles. The highest BCUT2D eigenvalue weighted by atomic mass is 16.6. The second kappa shape index (κ2) is 9.15. The van der Waals surface area contributed by atoms with Crippen LogP contribution in [0, 0.1) is 5.92 Å². The van der Waals surface area contributed by atoms with Crippen LogP contribution < -0.4 is 14.8 Å². The molecule has 6 heteroatoms. The molecule has 0 spiro atoms. The average molecular weight is 334 g/mol. The van der Waals surface area contributed by atoms with Gasteiger partial charge in [-0.2, -0.15) is 0 Å². The molecule has 0 saturated heterocycles. The molecule has 2 rings (SSSR count). The monoisotopic (exact) mass is 334 g/mol. The number of rotatable bonds is 7. The summed E-state index contributed by atoms with van der Waals surface area (Å²) in [5, 5.41) is 6.88. The summed E-state index contributed by atoms with van der Waals surface area (Å²) in [6.45, 7) is 2.09. The van der Waals surface area contributed by atoms with Crippen molar-refractivity contribution in [2.24, 2.45) is 11.1 Å². The van der Waals surface area contributed by atoms with E-state index in [9.17, 15) is 4.79 Å². The fraction of sp³-hybridized carbons (Fsp3) is 0.556. The van der Waals surface area contributed by atoms with Gasteiger partial charge >= 0.3 is 0 Å². The van der Waals surface area contributed by atoms with Gasteiger partial charge in [0.05, 0.1) is 20.4 Å². The molecule has 1 aromatic rings. The first kappa shape index (κ1) is 18.1. The van der Waals surface area contributed by atoms with Gasteiger partial charge < -0.3 is 19.6 Å². The zero-order valence-corrected chi connectivity index (χ0v) is 14.6. The molecule has 1 saturated carbocycles. The zero-order valence-electron chi connectivity index (χ0n) is 14.6. The van der Waals surface area contributed by atoms with E-state index in [1.807, 2.05) is 0 Å². The highest BCUT2D eigenvalue weighted by Crippen LogP contribution is 2.24. The number of hydrogen-bond donors (Lipinski definition) is 1. The standard InChI is InChI=1S/C18H26N2O4/c1-13-6-4-5-7-16(13)20-18(21)12-24-19-11-14-10-15(22-2)8-9-17(14)23-3/h8-11,13,16H,4-7,12H2,1-3H3,(H,20,21)/b19-11-/t13-,16+/m0/s1. The first-order valence-corrected chi connectivity index (χ1v) is 8.30. The van der Waals surface area contributed by atoms with E-state index in [1.165, 1.54) is 25.5 Å². The van der Waals surface area contributed by atoms with E-state index >= 15 is 0 Å². The van der Waals surface area contributed by atoms with E-state index < -0.39 is 0 Å². The van der Waals surface area contributed by atoms with E-state index in [-0.39, 0.29) is 18.6 Å². The number of benzene rings is 1. The maximum Gasteiger partial charge on any atom is 0.261 e. The quantitative estimate of drug-likeness (QED) is 0.615. The van der Waals surface area contributed by atoms with E-state index in [2.05, 4.69) is 17.4 Å². The lowest BCUT2D eigenvalue weighted by Gasteiger charge is -2.29. The zero-order chi connectivity index (χ0) is 17.4. The van der Waals surface area contributed by atoms with Crippen molar-refractivity contribution in [3.05, 3.63) is 23.8 Å². The molecular formula is C18H26N2O4. The number of carbonyl (C=O) groups excluding carboxylic acids is 1. The maximum atomic E-state index is 11.9. The summed E-state index contributed by atoms with van der Waals surface area (Å²) >= 11 is 0. The first-order chi connectivity index (χ1) is 11.6. The molecule has 1 aliphatic carbocycles. The summed E-state index contributed by atoms with van der Waals surface area (Å²) in [4.78, 5) is 17.0. The lowest BCUT2D eigenvalue weighted by Crippen LogP contribution is -2.42. The molecule has 1 aromatic carbocycles. The van der Waals surface area contributed by atoms with Gasteiger partial charge in [0, 0.05) is 11.6 Å². The molecule has 1 N–H and O–H groups in total. The van der Waals surface area contributed by atoms with E-state index in [4.69, 9.17) is 14.3 Å². The molecule has 0 bridgehead atoms. The van der Waals surface area contributed by atoms with E-state index in [0.717, 1.165) is 12.0 Å². The fourth-order valence-electron chi connectivity index (χ4n) is 2.91. The van der Waals surface area contributed by atoms with Crippen LogP contribution in [-0.2, 0) is 9.63 Å². The molecule has 0 heterocycles. The molecule has 2 atom stereocenters. The van der Waals surface area contributed by atoms with Crippen molar-refractivity contribution >= 4 is 12.1 Å². The third-order valence-electron chi connectivity index (χ3n) is 4.36. The minimum atomic E-state index is -0.136. The predicted molar refractivity (Wildman–Crippen MR) is 92.7 cm³/mol. The second-order valence-corrected chi connectivity index (χ2v) is 6.05. The molecule has 6 nitrogen and oxygen atoms in total. The Morgan fingerprint density at radius 2 is 2.08 bits per heavy atom. The van der Waals surface area contributed by atoms with Gasteiger partial charge in [-0.3, -0.25) is 4.79 Å². The molecule has 1 fully saturated rings. The normalized spacial score (nSPS) is 20.6.